The molecule has 2 aliphatic rings. The standard InChI is InChI=1S/C20H27ClN2O2/c1-15(24)23-14-17(16-8-4-2-5-9-16)20-18(23)10-6-3-7-13-22(20)19(25)11-12-21/h2,4-5,8-9,17-18,20H,3,6-7,10-14H2,1H3/t17-,18+,20+/m1/s1. The summed E-state index contributed by atoms with van der Waals surface area (Å²) in [4.78, 5) is 29.1. The van der Waals surface area contributed by atoms with Gasteiger partial charge < -0.3 is 9.80 Å². The first kappa shape index (κ1) is 18.2. The molecule has 3 atom stereocenters. The van der Waals surface area contributed by atoms with Crippen LogP contribution in [0.2, 0.25) is 0 Å². The van der Waals surface area contributed by atoms with Crippen LogP contribution in [-0.2, 0) is 9.59 Å². The fourth-order valence-corrected chi connectivity index (χ4v) is 4.66. The van der Waals surface area contributed by atoms with Crippen LogP contribution < -0.4 is 0 Å². The monoisotopic (exact) mass is 362 g/mol. The number of halogens is 1. The molecule has 0 radical (unpaired) electrons. The van der Waals surface area contributed by atoms with Crippen molar-refractivity contribution in [1.29, 1.82) is 0 Å². The van der Waals surface area contributed by atoms with Crippen LogP contribution in [0.1, 0.15) is 50.5 Å². The van der Waals surface area contributed by atoms with Crippen molar-refractivity contribution in [3.05, 3.63) is 35.9 Å². The van der Waals surface area contributed by atoms with E-state index in [2.05, 4.69) is 12.1 Å². The lowest BCUT2D eigenvalue weighted by atomic mass is 9.86. The number of amides is 2. The number of nitrogens with zero attached hydrogens (tertiary/aromatic N) is 2. The van der Waals surface area contributed by atoms with Gasteiger partial charge in [0.15, 0.2) is 0 Å². The second-order valence-electron chi connectivity index (χ2n) is 7.12. The normalized spacial score (nSPS) is 26.7. The number of rotatable bonds is 3. The minimum Gasteiger partial charge on any atom is -0.337 e. The van der Waals surface area contributed by atoms with E-state index in [0.29, 0.717) is 18.8 Å². The van der Waals surface area contributed by atoms with E-state index in [9.17, 15) is 9.59 Å². The van der Waals surface area contributed by atoms with Gasteiger partial charge in [0.2, 0.25) is 11.8 Å². The highest BCUT2D eigenvalue weighted by atomic mass is 35.5. The van der Waals surface area contributed by atoms with Crippen molar-refractivity contribution in [2.24, 2.45) is 0 Å². The highest BCUT2D eigenvalue weighted by Gasteiger charge is 2.47. The maximum atomic E-state index is 12.8. The highest BCUT2D eigenvalue weighted by Crippen LogP contribution is 2.39. The van der Waals surface area contributed by atoms with E-state index in [-0.39, 0.29) is 29.8 Å². The molecule has 2 saturated heterocycles. The zero-order chi connectivity index (χ0) is 17.8. The molecule has 136 valence electrons. The molecule has 1 aromatic rings. The van der Waals surface area contributed by atoms with Crippen LogP contribution >= 0.6 is 11.6 Å². The van der Waals surface area contributed by atoms with Crippen molar-refractivity contribution < 1.29 is 9.59 Å². The molecule has 25 heavy (non-hydrogen) atoms. The Labute approximate surface area is 155 Å². The topological polar surface area (TPSA) is 40.6 Å². The van der Waals surface area contributed by atoms with E-state index in [1.165, 1.54) is 5.56 Å². The molecular weight excluding hydrogens is 336 g/mol. The van der Waals surface area contributed by atoms with Crippen molar-refractivity contribution in [3.8, 4) is 0 Å². The summed E-state index contributed by atoms with van der Waals surface area (Å²) in [7, 11) is 0. The second kappa shape index (κ2) is 8.22. The number of hydrogen-bond donors (Lipinski definition) is 0. The third-order valence-corrected chi connectivity index (χ3v) is 5.81. The van der Waals surface area contributed by atoms with Gasteiger partial charge in [-0.25, -0.2) is 0 Å². The first-order valence-corrected chi connectivity index (χ1v) is 9.84. The molecule has 2 aliphatic heterocycles. The van der Waals surface area contributed by atoms with Crippen LogP contribution in [0, 0.1) is 0 Å². The lowest BCUT2D eigenvalue weighted by Crippen LogP contribution is -2.51. The summed E-state index contributed by atoms with van der Waals surface area (Å²) in [6.07, 6.45) is 4.59. The number of likely N-dealkylation sites (tertiary alicyclic amines) is 2. The third kappa shape index (κ3) is 3.84. The Morgan fingerprint density at radius 3 is 2.56 bits per heavy atom. The summed E-state index contributed by atoms with van der Waals surface area (Å²) in [5.74, 6) is 0.753. The van der Waals surface area contributed by atoms with Crippen LogP contribution in [0.25, 0.3) is 0 Å². The van der Waals surface area contributed by atoms with Crippen molar-refractivity contribution in [2.75, 3.05) is 19.0 Å². The van der Waals surface area contributed by atoms with Crippen LogP contribution in [-0.4, -0.2) is 52.7 Å². The fraction of sp³-hybridized carbons (Fsp3) is 0.600. The van der Waals surface area contributed by atoms with Gasteiger partial charge in [-0.1, -0.05) is 43.2 Å². The van der Waals surface area contributed by atoms with Crippen LogP contribution in [0.3, 0.4) is 0 Å². The summed E-state index contributed by atoms with van der Waals surface area (Å²) in [5, 5.41) is 0. The smallest absolute Gasteiger partial charge is 0.224 e. The molecule has 2 amide bonds. The first-order chi connectivity index (χ1) is 12.1. The number of hydrogen-bond acceptors (Lipinski definition) is 2. The summed E-state index contributed by atoms with van der Waals surface area (Å²) in [6, 6.07) is 10.5. The van der Waals surface area contributed by atoms with Crippen LogP contribution in [0.5, 0.6) is 0 Å². The zero-order valence-electron chi connectivity index (χ0n) is 14.9. The van der Waals surface area contributed by atoms with E-state index in [0.717, 1.165) is 32.2 Å². The van der Waals surface area contributed by atoms with Crippen LogP contribution in [0.15, 0.2) is 30.3 Å². The fourth-order valence-electron chi connectivity index (χ4n) is 4.50. The molecule has 0 bridgehead atoms. The van der Waals surface area contributed by atoms with Gasteiger partial charge in [0.25, 0.3) is 0 Å². The number of benzene rings is 1. The molecule has 4 nitrogen and oxygen atoms in total. The Morgan fingerprint density at radius 2 is 1.88 bits per heavy atom. The molecule has 3 rings (SSSR count). The molecule has 2 fully saturated rings. The van der Waals surface area contributed by atoms with Gasteiger partial charge in [-0.2, -0.15) is 0 Å². The number of alkyl halides is 1. The van der Waals surface area contributed by atoms with Gasteiger partial charge in [0, 0.05) is 38.2 Å². The van der Waals surface area contributed by atoms with Crippen molar-refractivity contribution in [1.82, 2.24) is 9.80 Å². The van der Waals surface area contributed by atoms with Gasteiger partial charge in [-0.05, 0) is 18.4 Å². The predicted octanol–water partition coefficient (Wildman–Crippen LogP) is 3.40. The SMILES string of the molecule is CC(=O)N1C[C@H](c2ccccc2)[C@H]2[C@@H]1CCCCCN2C(=O)CCCl. The van der Waals surface area contributed by atoms with Crippen LogP contribution in [0.4, 0.5) is 0 Å². The third-order valence-electron chi connectivity index (χ3n) is 5.62. The Bertz CT molecular complexity index is 607. The molecular formula is C20H27ClN2O2. The predicted molar refractivity (Wildman–Crippen MR) is 99.7 cm³/mol. The Balaban J connectivity index is 1.99. The molecule has 0 saturated carbocycles. The molecule has 0 unspecified atom stereocenters. The summed E-state index contributed by atoms with van der Waals surface area (Å²) in [6.45, 7) is 3.11. The van der Waals surface area contributed by atoms with E-state index >= 15 is 0 Å². The summed E-state index contributed by atoms with van der Waals surface area (Å²) < 4.78 is 0. The maximum Gasteiger partial charge on any atom is 0.224 e. The molecule has 0 N–H and O–H groups in total. The Kier molecular flexibility index (Phi) is 6.00. The zero-order valence-corrected chi connectivity index (χ0v) is 15.6. The molecule has 0 spiro atoms. The van der Waals surface area contributed by atoms with E-state index in [1.54, 1.807) is 6.92 Å². The Morgan fingerprint density at radius 1 is 1.12 bits per heavy atom. The minimum absolute atomic E-state index is 0.0577. The summed E-state index contributed by atoms with van der Waals surface area (Å²) in [5.41, 5.74) is 1.21. The van der Waals surface area contributed by atoms with E-state index < -0.39 is 0 Å². The Hall–Kier alpha value is -1.55. The molecule has 0 aromatic heterocycles. The van der Waals surface area contributed by atoms with Crippen molar-refractivity contribution in [2.45, 2.75) is 57.0 Å². The quantitative estimate of drug-likeness (QED) is 0.773. The van der Waals surface area contributed by atoms with Gasteiger partial charge >= 0.3 is 0 Å². The minimum atomic E-state index is 0.0577. The average Bonchev–Trinajstić information content (AvgIpc) is 2.94. The molecule has 1 aromatic carbocycles. The second-order valence-corrected chi connectivity index (χ2v) is 7.50. The van der Waals surface area contributed by atoms with Gasteiger partial charge in [-0.15, -0.1) is 11.6 Å². The number of fused-ring (bicyclic) bond motifs is 1. The van der Waals surface area contributed by atoms with Gasteiger partial charge in [0.05, 0.1) is 12.1 Å². The van der Waals surface area contributed by atoms with Crippen molar-refractivity contribution in [3.63, 3.8) is 0 Å². The van der Waals surface area contributed by atoms with E-state index in [1.807, 2.05) is 28.0 Å². The van der Waals surface area contributed by atoms with Gasteiger partial charge in [-0.3, -0.25) is 9.59 Å². The number of carbonyl (C=O) groups is 2. The molecule has 2 heterocycles. The average molecular weight is 363 g/mol. The summed E-state index contributed by atoms with van der Waals surface area (Å²) >= 11 is 5.85. The molecule has 5 heteroatoms. The van der Waals surface area contributed by atoms with Crippen molar-refractivity contribution >= 4 is 23.4 Å². The lowest BCUT2D eigenvalue weighted by molar-refractivity contribution is -0.137. The highest BCUT2D eigenvalue weighted by molar-refractivity contribution is 6.18. The largest absolute Gasteiger partial charge is 0.337 e. The molecule has 0 aliphatic carbocycles. The lowest BCUT2D eigenvalue weighted by Gasteiger charge is -2.39. The van der Waals surface area contributed by atoms with E-state index in [4.69, 9.17) is 11.6 Å². The maximum absolute atomic E-state index is 12.8. The first-order valence-electron chi connectivity index (χ1n) is 9.31. The van der Waals surface area contributed by atoms with Gasteiger partial charge in [0.1, 0.15) is 0 Å². The number of carbonyl (C=O) groups excluding carboxylic acids is 2.